The second-order valence-corrected chi connectivity index (χ2v) is 5.92. The van der Waals surface area contributed by atoms with Crippen LogP contribution < -0.4 is 0 Å². The Labute approximate surface area is 126 Å². The SMILES string of the molecule is CCOC(=O)CC(O)Sc1ccc2cc(Cl)ccc2c1. The highest BCUT2D eigenvalue weighted by Gasteiger charge is 2.13. The van der Waals surface area contributed by atoms with Gasteiger partial charge in [-0.2, -0.15) is 0 Å². The molecule has 0 aromatic heterocycles. The maximum Gasteiger partial charge on any atom is 0.309 e. The Hall–Kier alpha value is -1.23. The minimum Gasteiger partial charge on any atom is -0.466 e. The number of rotatable bonds is 5. The van der Waals surface area contributed by atoms with Crippen molar-refractivity contribution in [3.63, 3.8) is 0 Å². The van der Waals surface area contributed by atoms with E-state index in [4.69, 9.17) is 16.3 Å². The van der Waals surface area contributed by atoms with Gasteiger partial charge >= 0.3 is 5.97 Å². The number of esters is 1. The quantitative estimate of drug-likeness (QED) is 0.517. The molecule has 20 heavy (non-hydrogen) atoms. The molecule has 0 heterocycles. The van der Waals surface area contributed by atoms with Crippen LogP contribution in [0.4, 0.5) is 0 Å². The Morgan fingerprint density at radius 3 is 2.75 bits per heavy atom. The van der Waals surface area contributed by atoms with Gasteiger partial charge in [0.15, 0.2) is 0 Å². The summed E-state index contributed by atoms with van der Waals surface area (Å²) in [6.07, 6.45) is -0.0167. The summed E-state index contributed by atoms with van der Waals surface area (Å²) in [5.74, 6) is -0.389. The summed E-state index contributed by atoms with van der Waals surface area (Å²) in [6.45, 7) is 2.07. The molecule has 0 spiro atoms. The number of ether oxygens (including phenoxy) is 1. The monoisotopic (exact) mass is 310 g/mol. The molecule has 0 aliphatic carbocycles. The molecule has 1 N–H and O–H groups in total. The molecule has 0 amide bonds. The van der Waals surface area contributed by atoms with Crippen molar-refractivity contribution in [1.29, 1.82) is 0 Å². The van der Waals surface area contributed by atoms with Crippen molar-refractivity contribution >= 4 is 40.1 Å². The zero-order valence-electron chi connectivity index (χ0n) is 11.0. The topological polar surface area (TPSA) is 46.5 Å². The Balaban J connectivity index is 2.06. The predicted octanol–water partition coefficient (Wildman–Crippen LogP) is 3.86. The number of aliphatic hydroxyl groups is 1. The number of hydrogen-bond acceptors (Lipinski definition) is 4. The van der Waals surface area contributed by atoms with Gasteiger partial charge in [-0.3, -0.25) is 4.79 Å². The fraction of sp³-hybridized carbons (Fsp3) is 0.267. The van der Waals surface area contributed by atoms with E-state index in [0.29, 0.717) is 11.6 Å². The Kier molecular flexibility index (Phi) is 5.29. The zero-order chi connectivity index (χ0) is 14.5. The van der Waals surface area contributed by atoms with Crippen LogP contribution in [0.1, 0.15) is 13.3 Å². The lowest BCUT2D eigenvalue weighted by atomic mass is 10.1. The van der Waals surface area contributed by atoms with E-state index in [0.717, 1.165) is 15.7 Å². The molecule has 0 bridgehead atoms. The van der Waals surface area contributed by atoms with Crippen molar-refractivity contribution < 1.29 is 14.6 Å². The lowest BCUT2D eigenvalue weighted by Gasteiger charge is -2.10. The summed E-state index contributed by atoms with van der Waals surface area (Å²) in [4.78, 5) is 12.2. The highest BCUT2D eigenvalue weighted by Crippen LogP contribution is 2.28. The van der Waals surface area contributed by atoms with Crippen LogP contribution >= 0.6 is 23.4 Å². The number of carbonyl (C=O) groups excluding carboxylic acids is 1. The maximum absolute atomic E-state index is 11.3. The minimum absolute atomic E-state index is 0.0167. The van der Waals surface area contributed by atoms with E-state index in [2.05, 4.69) is 0 Å². The van der Waals surface area contributed by atoms with Crippen molar-refractivity contribution in [1.82, 2.24) is 0 Å². The first-order chi connectivity index (χ1) is 9.58. The molecule has 0 aliphatic rings. The van der Waals surface area contributed by atoms with Crippen LogP contribution in [-0.2, 0) is 9.53 Å². The summed E-state index contributed by atoms with van der Waals surface area (Å²) in [6, 6.07) is 11.5. The first kappa shape index (κ1) is 15.2. The fourth-order valence-corrected chi connectivity index (χ4v) is 2.88. The minimum atomic E-state index is -0.807. The van der Waals surface area contributed by atoms with E-state index in [1.165, 1.54) is 11.8 Å². The summed E-state index contributed by atoms with van der Waals surface area (Å²) < 4.78 is 4.81. The number of aliphatic hydroxyl groups excluding tert-OH is 1. The van der Waals surface area contributed by atoms with Crippen molar-refractivity contribution in [3.8, 4) is 0 Å². The van der Waals surface area contributed by atoms with Crippen LogP contribution in [0, 0.1) is 0 Å². The highest BCUT2D eigenvalue weighted by atomic mass is 35.5. The van der Waals surface area contributed by atoms with Gasteiger partial charge in [0.1, 0.15) is 5.44 Å². The van der Waals surface area contributed by atoms with Gasteiger partial charge < -0.3 is 9.84 Å². The number of thioether (sulfide) groups is 1. The van der Waals surface area contributed by atoms with Crippen molar-refractivity contribution in [2.45, 2.75) is 23.7 Å². The molecule has 0 radical (unpaired) electrons. The van der Waals surface area contributed by atoms with Crippen molar-refractivity contribution in [2.24, 2.45) is 0 Å². The molecule has 2 aromatic carbocycles. The molecule has 2 aromatic rings. The first-order valence-corrected chi connectivity index (χ1v) is 7.54. The highest BCUT2D eigenvalue weighted by molar-refractivity contribution is 7.99. The van der Waals surface area contributed by atoms with E-state index >= 15 is 0 Å². The molecular formula is C15H15ClO3S. The lowest BCUT2D eigenvalue weighted by Crippen LogP contribution is -2.12. The summed E-state index contributed by atoms with van der Waals surface area (Å²) in [5.41, 5.74) is -0.807. The second-order valence-electron chi connectivity index (χ2n) is 4.23. The molecule has 2 rings (SSSR count). The standard InChI is InChI=1S/C15H15ClO3S/c1-2-19-14(17)9-15(18)20-13-6-4-10-7-12(16)5-3-11(10)8-13/h3-8,15,18H,2,9H2,1H3. The third-order valence-electron chi connectivity index (χ3n) is 2.69. The molecule has 3 nitrogen and oxygen atoms in total. The third kappa shape index (κ3) is 4.13. The van der Waals surface area contributed by atoms with E-state index in [9.17, 15) is 9.90 Å². The van der Waals surface area contributed by atoms with E-state index in [1.807, 2.05) is 36.4 Å². The third-order valence-corrected chi connectivity index (χ3v) is 3.89. The van der Waals surface area contributed by atoms with Crippen LogP contribution in [0.25, 0.3) is 10.8 Å². The lowest BCUT2D eigenvalue weighted by molar-refractivity contribution is -0.144. The molecule has 1 atom stereocenters. The molecule has 0 saturated heterocycles. The summed E-state index contributed by atoms with van der Waals surface area (Å²) in [5, 5.41) is 12.6. The van der Waals surface area contributed by atoms with Crippen LogP contribution in [0.2, 0.25) is 5.02 Å². The van der Waals surface area contributed by atoms with Gasteiger partial charge in [0.2, 0.25) is 0 Å². The average molecular weight is 311 g/mol. The maximum atomic E-state index is 11.3. The van der Waals surface area contributed by atoms with Crippen LogP contribution in [0.15, 0.2) is 41.3 Å². The zero-order valence-corrected chi connectivity index (χ0v) is 12.6. The Morgan fingerprint density at radius 1 is 1.30 bits per heavy atom. The summed E-state index contributed by atoms with van der Waals surface area (Å²) >= 11 is 7.17. The fourth-order valence-electron chi connectivity index (χ4n) is 1.83. The normalized spacial score (nSPS) is 12.3. The van der Waals surface area contributed by atoms with Crippen molar-refractivity contribution in [2.75, 3.05) is 6.61 Å². The van der Waals surface area contributed by atoms with Gasteiger partial charge in [-0.15, -0.1) is 0 Å². The first-order valence-electron chi connectivity index (χ1n) is 6.28. The molecule has 1 unspecified atom stereocenters. The van der Waals surface area contributed by atoms with Gasteiger partial charge in [-0.25, -0.2) is 0 Å². The van der Waals surface area contributed by atoms with Crippen molar-refractivity contribution in [3.05, 3.63) is 41.4 Å². The van der Waals surface area contributed by atoms with Gasteiger partial charge in [-0.05, 0) is 42.0 Å². The second kappa shape index (κ2) is 6.97. The molecule has 5 heteroatoms. The van der Waals surface area contributed by atoms with Gasteiger partial charge in [0, 0.05) is 9.92 Å². The number of hydrogen-bond donors (Lipinski definition) is 1. The molecule has 106 valence electrons. The van der Waals surface area contributed by atoms with Crippen LogP contribution in [0.5, 0.6) is 0 Å². The number of fused-ring (bicyclic) bond motifs is 1. The number of benzene rings is 2. The predicted molar refractivity (Wildman–Crippen MR) is 82.1 cm³/mol. The molecule has 0 aliphatic heterocycles. The smallest absolute Gasteiger partial charge is 0.309 e. The Morgan fingerprint density at radius 2 is 2.00 bits per heavy atom. The van der Waals surface area contributed by atoms with E-state index in [1.54, 1.807) is 6.92 Å². The summed E-state index contributed by atoms with van der Waals surface area (Å²) in [7, 11) is 0. The van der Waals surface area contributed by atoms with E-state index in [-0.39, 0.29) is 12.4 Å². The van der Waals surface area contributed by atoms with Crippen LogP contribution in [0.3, 0.4) is 0 Å². The van der Waals surface area contributed by atoms with Gasteiger partial charge in [0.05, 0.1) is 13.0 Å². The molecule has 0 fully saturated rings. The molecular weight excluding hydrogens is 296 g/mol. The van der Waals surface area contributed by atoms with Gasteiger partial charge in [-0.1, -0.05) is 35.5 Å². The Bertz CT molecular complexity index is 615. The van der Waals surface area contributed by atoms with Crippen LogP contribution in [-0.4, -0.2) is 23.1 Å². The van der Waals surface area contributed by atoms with E-state index < -0.39 is 5.44 Å². The number of carbonyl (C=O) groups is 1. The van der Waals surface area contributed by atoms with Gasteiger partial charge in [0.25, 0.3) is 0 Å². The average Bonchev–Trinajstić information content (AvgIpc) is 2.39. The largest absolute Gasteiger partial charge is 0.466 e. The number of halogens is 1. The molecule has 0 saturated carbocycles.